The van der Waals surface area contributed by atoms with Gasteiger partial charge in [0.05, 0.1) is 18.0 Å². The second-order valence-corrected chi connectivity index (χ2v) is 11.1. The molecule has 1 aliphatic carbocycles. The molecule has 9 heteroatoms. The molecule has 0 aliphatic heterocycles. The third-order valence-electron chi connectivity index (χ3n) is 6.06. The lowest BCUT2D eigenvalue weighted by Crippen LogP contribution is -2.25. The Balaban J connectivity index is 0.000000420. The molecule has 1 atom stereocenters. The van der Waals surface area contributed by atoms with Gasteiger partial charge in [-0.25, -0.2) is 8.42 Å². The quantitative estimate of drug-likeness (QED) is 0.480. The maximum Gasteiger partial charge on any atom is 0.247 e. The number of aromatic nitrogens is 2. The van der Waals surface area contributed by atoms with E-state index in [0.29, 0.717) is 16.8 Å². The smallest absolute Gasteiger partial charge is 0.247 e. The van der Waals surface area contributed by atoms with Crippen LogP contribution < -0.4 is 10.0 Å². The van der Waals surface area contributed by atoms with E-state index in [1.165, 1.54) is 12.6 Å². The van der Waals surface area contributed by atoms with Gasteiger partial charge in [-0.15, -0.1) is 10.2 Å². The van der Waals surface area contributed by atoms with Gasteiger partial charge in [-0.1, -0.05) is 55.2 Å². The number of sulfonamides is 1. The summed E-state index contributed by atoms with van der Waals surface area (Å²) in [6.07, 6.45) is 6.05. The Morgan fingerprint density at radius 2 is 1.74 bits per heavy atom. The van der Waals surface area contributed by atoms with Gasteiger partial charge in [0.2, 0.25) is 21.8 Å². The molecular weight excluding hydrogens is 464 g/mol. The van der Waals surface area contributed by atoms with Gasteiger partial charge < -0.3 is 10.2 Å². The highest BCUT2D eigenvalue weighted by Crippen LogP contribution is 2.32. The van der Waals surface area contributed by atoms with Crippen LogP contribution in [0.15, 0.2) is 52.9 Å². The third kappa shape index (κ3) is 7.22. The van der Waals surface area contributed by atoms with Gasteiger partial charge in [-0.3, -0.25) is 9.10 Å². The van der Waals surface area contributed by atoms with E-state index in [2.05, 4.69) is 29.3 Å². The summed E-state index contributed by atoms with van der Waals surface area (Å²) < 4.78 is 30.8. The van der Waals surface area contributed by atoms with Crippen LogP contribution in [0, 0.1) is 12.8 Å². The topological polar surface area (TPSA) is 119 Å². The number of anilines is 1. The zero-order valence-corrected chi connectivity index (χ0v) is 21.6. The predicted octanol–water partition coefficient (Wildman–Crippen LogP) is 4.91. The first-order valence-electron chi connectivity index (χ1n) is 11.8. The predicted molar refractivity (Wildman–Crippen MR) is 138 cm³/mol. The molecule has 1 heterocycles. The van der Waals surface area contributed by atoms with Crippen molar-refractivity contribution >= 4 is 21.5 Å². The fraction of sp³-hybridized carbons (Fsp3) is 0.423. The van der Waals surface area contributed by atoms with Crippen molar-refractivity contribution in [1.29, 1.82) is 0 Å². The van der Waals surface area contributed by atoms with Gasteiger partial charge in [-0.2, -0.15) is 0 Å². The van der Waals surface area contributed by atoms with Crippen LogP contribution in [0.1, 0.15) is 66.9 Å². The summed E-state index contributed by atoms with van der Waals surface area (Å²) in [6, 6.07) is 14.8. The molecule has 0 saturated heterocycles. The second kappa shape index (κ2) is 11.6. The first kappa shape index (κ1) is 26.6. The minimum absolute atomic E-state index is 0.0247. The van der Waals surface area contributed by atoms with Gasteiger partial charge in [0, 0.05) is 24.1 Å². The summed E-state index contributed by atoms with van der Waals surface area (Å²) in [5, 5.41) is 7.93. The Kier molecular flexibility index (Phi) is 8.80. The van der Waals surface area contributed by atoms with Gasteiger partial charge in [-0.05, 0) is 44.9 Å². The number of aryl methyl sites for hydroxylation is 1. The van der Waals surface area contributed by atoms with Crippen molar-refractivity contribution in [2.45, 2.75) is 52.0 Å². The Bertz CT molecular complexity index is 1230. The van der Waals surface area contributed by atoms with Crippen molar-refractivity contribution in [1.82, 2.24) is 10.2 Å². The van der Waals surface area contributed by atoms with E-state index in [1.54, 1.807) is 25.1 Å². The van der Waals surface area contributed by atoms with Crippen molar-refractivity contribution in [3.63, 3.8) is 0 Å². The van der Waals surface area contributed by atoms with Crippen LogP contribution in [0.25, 0.3) is 11.5 Å². The molecule has 1 aliphatic rings. The van der Waals surface area contributed by atoms with Crippen molar-refractivity contribution in [3.8, 4) is 11.5 Å². The largest absolute Gasteiger partial charge is 0.419 e. The highest BCUT2D eigenvalue weighted by atomic mass is 32.2. The van der Waals surface area contributed by atoms with Crippen LogP contribution in [0.2, 0.25) is 0 Å². The monoisotopic (exact) mass is 498 g/mol. The van der Waals surface area contributed by atoms with Gasteiger partial charge in [0.1, 0.15) is 0 Å². The molecule has 3 aromatic rings. The lowest BCUT2D eigenvalue weighted by atomic mass is 9.83. The average molecular weight is 499 g/mol. The fourth-order valence-electron chi connectivity index (χ4n) is 3.92. The molecule has 0 amide bonds. The summed E-state index contributed by atoms with van der Waals surface area (Å²) in [7, 11) is -2.05. The zero-order chi connectivity index (χ0) is 25.6. The first-order chi connectivity index (χ1) is 16.6. The van der Waals surface area contributed by atoms with Crippen LogP contribution in [0.3, 0.4) is 0 Å². The molecule has 1 fully saturated rings. The summed E-state index contributed by atoms with van der Waals surface area (Å²) in [4.78, 5) is 13.1. The summed E-state index contributed by atoms with van der Waals surface area (Å²) in [5.41, 5.74) is 8.42. The lowest BCUT2D eigenvalue weighted by Gasteiger charge is -2.22. The Morgan fingerprint density at radius 3 is 2.26 bits per heavy atom. The normalized spacial score (nSPS) is 15.1. The first-order valence-corrected chi connectivity index (χ1v) is 13.7. The van der Waals surface area contributed by atoms with E-state index in [-0.39, 0.29) is 23.5 Å². The molecule has 1 saturated carbocycles. The number of nitrogens with zero attached hydrogens (tertiary/aromatic N) is 3. The Hall–Kier alpha value is -3.04. The molecule has 35 heavy (non-hydrogen) atoms. The van der Waals surface area contributed by atoms with Crippen molar-refractivity contribution < 1.29 is 17.6 Å². The van der Waals surface area contributed by atoms with E-state index < -0.39 is 16.1 Å². The highest BCUT2D eigenvalue weighted by Gasteiger charge is 2.25. The minimum Gasteiger partial charge on any atom is -0.419 e. The summed E-state index contributed by atoms with van der Waals surface area (Å²) in [5.74, 6) is 0.463. The number of nitrogens with two attached hydrogens (primary N) is 1. The standard InChI is InChI=1S/C19H26N4O4S.C7H8/c1-12(20)18-21-22-19(27-18)15-9-14(17(24)13-7-5-4-6-8-13)10-16(11-15)23(2)28(3,25)26;1-7-5-3-2-4-6-7/h9-13H,4-8,20H2,1-3H3;2-6H,1H3/t12-;/m0./s1. The number of rotatable bonds is 6. The summed E-state index contributed by atoms with van der Waals surface area (Å²) >= 11 is 0. The molecule has 0 spiro atoms. The zero-order valence-electron chi connectivity index (χ0n) is 20.8. The molecule has 0 bridgehead atoms. The van der Waals surface area contributed by atoms with E-state index in [4.69, 9.17) is 10.2 Å². The number of hydrogen-bond acceptors (Lipinski definition) is 7. The van der Waals surface area contributed by atoms with E-state index >= 15 is 0 Å². The molecular formula is C26H34N4O4S. The van der Waals surface area contributed by atoms with Crippen molar-refractivity contribution in [2.75, 3.05) is 17.6 Å². The minimum atomic E-state index is -3.49. The maximum absolute atomic E-state index is 13.1. The molecule has 8 nitrogen and oxygen atoms in total. The van der Waals surface area contributed by atoms with Gasteiger partial charge >= 0.3 is 0 Å². The Morgan fingerprint density at radius 1 is 1.09 bits per heavy atom. The number of hydrogen-bond donors (Lipinski definition) is 1. The number of benzene rings is 2. The van der Waals surface area contributed by atoms with Crippen LogP contribution >= 0.6 is 0 Å². The number of ketones is 1. The van der Waals surface area contributed by atoms with Crippen LogP contribution in [-0.4, -0.2) is 37.7 Å². The van der Waals surface area contributed by atoms with E-state index in [0.717, 1.165) is 42.7 Å². The molecule has 1 aromatic heterocycles. The number of Topliss-reactive ketones (excluding diaryl/α,β-unsaturated/α-hetero) is 1. The van der Waals surface area contributed by atoms with Crippen molar-refractivity contribution in [3.05, 3.63) is 65.5 Å². The lowest BCUT2D eigenvalue weighted by molar-refractivity contribution is 0.0889. The molecule has 0 radical (unpaired) electrons. The van der Waals surface area contributed by atoms with E-state index in [9.17, 15) is 13.2 Å². The molecule has 2 N–H and O–H groups in total. The SMILES string of the molecule is C[C@H](N)c1nnc(-c2cc(C(=O)C3CCCCC3)cc(N(C)S(C)(=O)=O)c2)o1.Cc1ccccc1. The van der Waals surface area contributed by atoms with Crippen LogP contribution in [0.5, 0.6) is 0 Å². The second-order valence-electron chi connectivity index (χ2n) is 9.09. The third-order valence-corrected chi connectivity index (χ3v) is 7.26. The van der Waals surface area contributed by atoms with Crippen molar-refractivity contribution in [2.24, 2.45) is 11.7 Å². The van der Waals surface area contributed by atoms with Crippen LogP contribution in [0.4, 0.5) is 5.69 Å². The average Bonchev–Trinajstić information content (AvgIpc) is 3.35. The summed E-state index contributed by atoms with van der Waals surface area (Å²) in [6.45, 7) is 3.81. The maximum atomic E-state index is 13.1. The molecule has 2 aromatic carbocycles. The number of carbonyl (C=O) groups is 1. The molecule has 188 valence electrons. The highest BCUT2D eigenvalue weighted by molar-refractivity contribution is 7.92. The number of carbonyl (C=O) groups excluding carboxylic acids is 1. The van der Waals surface area contributed by atoms with E-state index in [1.807, 2.05) is 18.2 Å². The van der Waals surface area contributed by atoms with Gasteiger partial charge in [0.15, 0.2) is 5.78 Å². The van der Waals surface area contributed by atoms with Crippen LogP contribution in [-0.2, 0) is 10.0 Å². The fourth-order valence-corrected chi connectivity index (χ4v) is 4.41. The van der Waals surface area contributed by atoms with Gasteiger partial charge in [0.25, 0.3) is 0 Å². The Labute approximate surface area is 207 Å². The molecule has 0 unspecified atom stereocenters. The molecule has 4 rings (SSSR count).